The summed E-state index contributed by atoms with van der Waals surface area (Å²) in [5.74, 6) is -0.366. The van der Waals surface area contributed by atoms with Gasteiger partial charge in [0.25, 0.3) is 10.0 Å². The van der Waals surface area contributed by atoms with Crippen molar-refractivity contribution in [3.8, 4) is 0 Å². The van der Waals surface area contributed by atoms with Crippen molar-refractivity contribution >= 4 is 38.9 Å². The minimum Gasteiger partial charge on any atom is -0.325 e. The number of aryl methyl sites for hydroxylation is 3. The molecule has 182 valence electrons. The van der Waals surface area contributed by atoms with E-state index in [1.165, 1.54) is 12.1 Å². The third-order valence-electron chi connectivity index (χ3n) is 6.10. The average molecular weight is 492 g/mol. The number of nitrogens with zero attached hydrogens (tertiary/aromatic N) is 2. The second-order valence-electron chi connectivity index (χ2n) is 8.81. The van der Waals surface area contributed by atoms with Gasteiger partial charge in [-0.2, -0.15) is 0 Å². The summed E-state index contributed by atoms with van der Waals surface area (Å²) >= 11 is 0. The molecule has 0 atom stereocenters. The molecule has 0 bridgehead atoms. The molecule has 3 aromatic rings. The number of amides is 2. The molecule has 0 unspecified atom stereocenters. The van der Waals surface area contributed by atoms with E-state index in [4.69, 9.17) is 0 Å². The molecule has 0 aromatic heterocycles. The Morgan fingerprint density at radius 2 is 1.71 bits per heavy atom. The molecule has 0 radical (unpaired) electrons. The molecule has 8 heteroatoms. The van der Waals surface area contributed by atoms with Gasteiger partial charge in [-0.3, -0.25) is 13.9 Å². The number of hydrogen-bond donors (Lipinski definition) is 1. The molecule has 2 amide bonds. The third-order valence-corrected chi connectivity index (χ3v) is 7.87. The Kier molecular flexibility index (Phi) is 6.93. The van der Waals surface area contributed by atoms with Crippen LogP contribution in [-0.2, 0) is 19.6 Å². The van der Waals surface area contributed by atoms with Gasteiger partial charge in [-0.05, 0) is 80.3 Å². The smallest absolute Gasteiger partial charge is 0.264 e. The SMILES string of the molecule is Cc1ccc(C)c(N(CC(=O)Nc2ccc(N3CCCC3=O)c(C)c2)S(=O)(=O)c2ccccc2)c1. The molecule has 1 N–H and O–H groups in total. The van der Waals surface area contributed by atoms with Gasteiger partial charge in [0.1, 0.15) is 6.54 Å². The maximum Gasteiger partial charge on any atom is 0.264 e. The highest BCUT2D eigenvalue weighted by Crippen LogP contribution is 2.29. The fourth-order valence-corrected chi connectivity index (χ4v) is 5.78. The molecular weight excluding hydrogens is 462 g/mol. The topological polar surface area (TPSA) is 86.8 Å². The van der Waals surface area contributed by atoms with Crippen molar-refractivity contribution in [1.82, 2.24) is 0 Å². The maximum atomic E-state index is 13.6. The highest BCUT2D eigenvalue weighted by molar-refractivity contribution is 7.92. The fourth-order valence-electron chi connectivity index (χ4n) is 4.28. The lowest BCUT2D eigenvalue weighted by molar-refractivity contribution is -0.117. The van der Waals surface area contributed by atoms with E-state index in [2.05, 4.69) is 5.32 Å². The lowest BCUT2D eigenvalue weighted by Crippen LogP contribution is -2.38. The van der Waals surface area contributed by atoms with Crippen molar-refractivity contribution in [3.05, 3.63) is 83.4 Å². The van der Waals surface area contributed by atoms with Gasteiger partial charge in [0.15, 0.2) is 0 Å². The number of rotatable bonds is 7. The van der Waals surface area contributed by atoms with Crippen LogP contribution in [0.5, 0.6) is 0 Å². The number of benzene rings is 3. The Morgan fingerprint density at radius 3 is 2.37 bits per heavy atom. The third kappa shape index (κ3) is 5.22. The maximum absolute atomic E-state index is 13.6. The predicted molar refractivity (Wildman–Crippen MR) is 138 cm³/mol. The van der Waals surface area contributed by atoms with E-state index in [0.29, 0.717) is 24.3 Å². The Hall–Kier alpha value is -3.65. The van der Waals surface area contributed by atoms with Gasteiger partial charge < -0.3 is 10.2 Å². The van der Waals surface area contributed by atoms with E-state index in [1.54, 1.807) is 41.3 Å². The van der Waals surface area contributed by atoms with Crippen molar-refractivity contribution < 1.29 is 18.0 Å². The quantitative estimate of drug-likeness (QED) is 0.524. The Balaban J connectivity index is 1.61. The normalized spacial score (nSPS) is 13.7. The molecule has 35 heavy (non-hydrogen) atoms. The summed E-state index contributed by atoms with van der Waals surface area (Å²) in [6, 6.07) is 19.0. The van der Waals surface area contributed by atoms with Crippen molar-refractivity contribution in [2.75, 3.05) is 27.6 Å². The lowest BCUT2D eigenvalue weighted by atomic mass is 10.1. The Labute approximate surface area is 206 Å². The molecule has 1 aliphatic heterocycles. The second kappa shape index (κ2) is 9.92. The first kappa shape index (κ1) is 24.5. The summed E-state index contributed by atoms with van der Waals surface area (Å²) in [5, 5.41) is 2.82. The summed E-state index contributed by atoms with van der Waals surface area (Å²) in [6.45, 7) is 5.90. The molecule has 0 spiro atoms. The zero-order valence-corrected chi connectivity index (χ0v) is 20.9. The lowest BCUT2D eigenvalue weighted by Gasteiger charge is -2.26. The molecule has 0 aliphatic carbocycles. The van der Waals surface area contributed by atoms with Gasteiger partial charge in [0.05, 0.1) is 10.6 Å². The molecule has 3 aromatic carbocycles. The van der Waals surface area contributed by atoms with E-state index in [9.17, 15) is 18.0 Å². The summed E-state index contributed by atoms with van der Waals surface area (Å²) in [4.78, 5) is 27.1. The summed E-state index contributed by atoms with van der Waals surface area (Å²) < 4.78 is 28.3. The zero-order valence-electron chi connectivity index (χ0n) is 20.1. The number of hydrogen-bond acceptors (Lipinski definition) is 4. The number of carbonyl (C=O) groups excluding carboxylic acids is 2. The number of anilines is 3. The van der Waals surface area contributed by atoms with Crippen LogP contribution in [0.1, 0.15) is 29.5 Å². The molecule has 0 saturated carbocycles. The predicted octanol–water partition coefficient (Wildman–Crippen LogP) is 4.57. The Bertz CT molecular complexity index is 1370. The molecule has 4 rings (SSSR count). The second-order valence-corrected chi connectivity index (χ2v) is 10.7. The van der Waals surface area contributed by atoms with Crippen LogP contribution in [-0.4, -0.2) is 33.3 Å². The van der Waals surface area contributed by atoms with Crippen LogP contribution in [0.4, 0.5) is 17.1 Å². The molecular formula is C27H29N3O4S. The van der Waals surface area contributed by atoms with Crippen molar-refractivity contribution in [1.29, 1.82) is 0 Å². The molecule has 1 aliphatic rings. The summed E-state index contributed by atoms with van der Waals surface area (Å²) in [7, 11) is -3.98. The zero-order chi connectivity index (χ0) is 25.2. The highest BCUT2D eigenvalue weighted by Gasteiger charge is 2.28. The van der Waals surface area contributed by atoms with E-state index in [0.717, 1.165) is 33.1 Å². The van der Waals surface area contributed by atoms with Crippen LogP contribution in [0, 0.1) is 20.8 Å². The van der Waals surface area contributed by atoms with Crippen molar-refractivity contribution in [3.63, 3.8) is 0 Å². The molecule has 7 nitrogen and oxygen atoms in total. The van der Waals surface area contributed by atoms with Crippen LogP contribution >= 0.6 is 0 Å². The van der Waals surface area contributed by atoms with Gasteiger partial charge in [-0.1, -0.05) is 30.3 Å². The van der Waals surface area contributed by atoms with Gasteiger partial charge in [0, 0.05) is 24.3 Å². The van der Waals surface area contributed by atoms with Crippen LogP contribution in [0.3, 0.4) is 0 Å². The van der Waals surface area contributed by atoms with Crippen LogP contribution in [0.2, 0.25) is 0 Å². The monoisotopic (exact) mass is 491 g/mol. The summed E-state index contributed by atoms with van der Waals surface area (Å²) in [5.41, 5.74) is 4.33. The van der Waals surface area contributed by atoms with Gasteiger partial charge in [-0.25, -0.2) is 8.42 Å². The Morgan fingerprint density at radius 1 is 0.971 bits per heavy atom. The average Bonchev–Trinajstić information content (AvgIpc) is 3.25. The van der Waals surface area contributed by atoms with E-state index in [1.807, 2.05) is 39.0 Å². The first-order chi connectivity index (χ1) is 16.7. The van der Waals surface area contributed by atoms with E-state index in [-0.39, 0.29) is 17.3 Å². The van der Waals surface area contributed by atoms with E-state index >= 15 is 0 Å². The van der Waals surface area contributed by atoms with E-state index < -0.39 is 15.9 Å². The number of sulfonamides is 1. The molecule has 1 heterocycles. The van der Waals surface area contributed by atoms with Gasteiger partial charge in [0.2, 0.25) is 11.8 Å². The van der Waals surface area contributed by atoms with Gasteiger partial charge in [-0.15, -0.1) is 0 Å². The first-order valence-corrected chi connectivity index (χ1v) is 13.0. The van der Waals surface area contributed by atoms with Crippen LogP contribution in [0.25, 0.3) is 0 Å². The molecule has 1 saturated heterocycles. The van der Waals surface area contributed by atoms with Gasteiger partial charge >= 0.3 is 0 Å². The van der Waals surface area contributed by atoms with Crippen LogP contribution < -0.4 is 14.5 Å². The largest absolute Gasteiger partial charge is 0.325 e. The fraction of sp³-hybridized carbons (Fsp3) is 0.259. The molecule has 1 fully saturated rings. The number of carbonyl (C=O) groups is 2. The standard InChI is InChI=1S/C27H29N3O4S/c1-19-11-12-20(2)25(16-19)30(35(33,34)23-8-5-4-6-9-23)18-26(31)28-22-13-14-24(21(3)17-22)29-15-7-10-27(29)32/h4-6,8-9,11-14,16-17H,7,10,15,18H2,1-3H3,(H,28,31). The summed E-state index contributed by atoms with van der Waals surface area (Å²) in [6.07, 6.45) is 1.38. The van der Waals surface area contributed by atoms with Crippen molar-refractivity contribution in [2.45, 2.75) is 38.5 Å². The number of nitrogens with one attached hydrogen (secondary N) is 1. The van der Waals surface area contributed by atoms with Crippen LogP contribution in [0.15, 0.2) is 71.6 Å². The minimum absolute atomic E-state index is 0.0974. The highest BCUT2D eigenvalue weighted by atomic mass is 32.2. The minimum atomic E-state index is -3.98. The first-order valence-electron chi connectivity index (χ1n) is 11.5. The van der Waals surface area contributed by atoms with Crippen molar-refractivity contribution in [2.24, 2.45) is 0 Å².